The molecule has 2 aromatic carbocycles. The molecule has 0 aliphatic heterocycles. The largest absolute Gasteiger partial charge is 0.353 e. The van der Waals surface area contributed by atoms with Gasteiger partial charge >= 0.3 is 0 Å². The summed E-state index contributed by atoms with van der Waals surface area (Å²) in [5.41, 5.74) is 1.20. The summed E-state index contributed by atoms with van der Waals surface area (Å²) in [6.45, 7) is 1.86. The molecule has 1 N–H and O–H groups in total. The molecule has 0 saturated heterocycles. The first-order valence-electron chi connectivity index (χ1n) is 8.53. The number of rotatable bonds is 9. The van der Waals surface area contributed by atoms with Gasteiger partial charge in [-0.3, -0.25) is 9.10 Å². The van der Waals surface area contributed by atoms with E-state index in [0.29, 0.717) is 17.3 Å². The SMILES string of the molecule is C[C@H](C(=O)NCCSCc1cccc(Cl)c1)N(c1cccc(F)c1)S(C)(=O)=O. The van der Waals surface area contributed by atoms with Gasteiger partial charge in [-0.1, -0.05) is 29.8 Å². The molecule has 2 rings (SSSR count). The van der Waals surface area contributed by atoms with Crippen molar-refractivity contribution in [2.45, 2.75) is 18.7 Å². The Morgan fingerprint density at radius 1 is 1.25 bits per heavy atom. The summed E-state index contributed by atoms with van der Waals surface area (Å²) in [7, 11) is -3.77. The number of sulfonamides is 1. The minimum absolute atomic E-state index is 0.112. The van der Waals surface area contributed by atoms with Crippen LogP contribution in [-0.2, 0) is 20.6 Å². The highest BCUT2D eigenvalue weighted by Crippen LogP contribution is 2.22. The Morgan fingerprint density at radius 3 is 2.61 bits per heavy atom. The molecular weight excluding hydrogens is 423 g/mol. The van der Waals surface area contributed by atoms with E-state index in [1.54, 1.807) is 11.8 Å². The highest BCUT2D eigenvalue weighted by Gasteiger charge is 2.29. The smallest absolute Gasteiger partial charge is 0.243 e. The first kappa shape index (κ1) is 22.5. The molecule has 5 nitrogen and oxygen atoms in total. The molecule has 0 radical (unpaired) electrons. The lowest BCUT2D eigenvalue weighted by molar-refractivity contribution is -0.121. The van der Waals surface area contributed by atoms with Crippen LogP contribution in [0.5, 0.6) is 0 Å². The quantitative estimate of drug-likeness (QED) is 0.599. The molecule has 0 saturated carbocycles. The maximum atomic E-state index is 13.5. The van der Waals surface area contributed by atoms with E-state index in [1.165, 1.54) is 25.1 Å². The van der Waals surface area contributed by atoms with Gasteiger partial charge in [0, 0.05) is 23.1 Å². The summed E-state index contributed by atoms with van der Waals surface area (Å²) < 4.78 is 38.7. The fraction of sp³-hybridized carbons (Fsp3) is 0.316. The van der Waals surface area contributed by atoms with Gasteiger partial charge in [0.05, 0.1) is 11.9 Å². The molecule has 0 aliphatic rings. The predicted molar refractivity (Wildman–Crippen MR) is 114 cm³/mol. The number of hydrogen-bond acceptors (Lipinski definition) is 4. The summed E-state index contributed by atoms with van der Waals surface area (Å²) in [5.74, 6) is 0.392. The van der Waals surface area contributed by atoms with Crippen molar-refractivity contribution in [1.82, 2.24) is 5.32 Å². The lowest BCUT2D eigenvalue weighted by Crippen LogP contribution is -2.48. The lowest BCUT2D eigenvalue weighted by atomic mass is 10.2. The molecule has 28 heavy (non-hydrogen) atoms. The van der Waals surface area contributed by atoms with E-state index in [0.717, 1.165) is 27.9 Å². The number of hydrogen-bond donors (Lipinski definition) is 1. The van der Waals surface area contributed by atoms with Crippen molar-refractivity contribution in [3.8, 4) is 0 Å². The van der Waals surface area contributed by atoms with Gasteiger partial charge in [0.2, 0.25) is 15.9 Å². The molecule has 0 unspecified atom stereocenters. The second-order valence-corrected chi connectivity index (χ2v) is 9.59. The van der Waals surface area contributed by atoms with E-state index >= 15 is 0 Å². The van der Waals surface area contributed by atoms with Crippen LogP contribution in [0.25, 0.3) is 0 Å². The molecule has 0 aliphatic carbocycles. The zero-order valence-electron chi connectivity index (χ0n) is 15.6. The topological polar surface area (TPSA) is 66.5 Å². The average Bonchev–Trinajstić information content (AvgIpc) is 2.60. The van der Waals surface area contributed by atoms with Crippen LogP contribution < -0.4 is 9.62 Å². The van der Waals surface area contributed by atoms with Crippen molar-refractivity contribution in [3.05, 3.63) is 64.9 Å². The van der Waals surface area contributed by atoms with Crippen molar-refractivity contribution < 1.29 is 17.6 Å². The Hall–Kier alpha value is -1.77. The van der Waals surface area contributed by atoms with Crippen LogP contribution in [0.4, 0.5) is 10.1 Å². The third-order valence-corrected chi connectivity index (χ3v) is 6.36. The van der Waals surface area contributed by atoms with Gasteiger partial charge in [-0.25, -0.2) is 12.8 Å². The monoisotopic (exact) mass is 444 g/mol. The highest BCUT2D eigenvalue weighted by atomic mass is 35.5. The van der Waals surface area contributed by atoms with E-state index in [1.807, 2.05) is 24.3 Å². The van der Waals surface area contributed by atoms with Crippen LogP contribution in [0.2, 0.25) is 5.02 Å². The number of benzene rings is 2. The van der Waals surface area contributed by atoms with Crippen LogP contribution in [0, 0.1) is 5.82 Å². The van der Waals surface area contributed by atoms with Gasteiger partial charge in [0.25, 0.3) is 0 Å². The van der Waals surface area contributed by atoms with Crippen molar-refractivity contribution >= 4 is 45.0 Å². The zero-order valence-corrected chi connectivity index (χ0v) is 18.0. The molecule has 1 atom stereocenters. The number of anilines is 1. The minimum Gasteiger partial charge on any atom is -0.353 e. The molecule has 0 aromatic heterocycles. The van der Waals surface area contributed by atoms with Crippen LogP contribution >= 0.6 is 23.4 Å². The summed E-state index contributed by atoms with van der Waals surface area (Å²) in [6, 6.07) is 11.7. The molecule has 1 amide bonds. The maximum Gasteiger partial charge on any atom is 0.243 e. The van der Waals surface area contributed by atoms with Crippen LogP contribution in [0.1, 0.15) is 12.5 Å². The first-order chi connectivity index (χ1) is 13.2. The number of carbonyl (C=O) groups excluding carboxylic acids is 1. The predicted octanol–water partition coefficient (Wildman–Crippen LogP) is 3.68. The number of amides is 1. The number of halogens is 2. The van der Waals surface area contributed by atoms with E-state index in [-0.39, 0.29) is 5.69 Å². The molecule has 0 fully saturated rings. The highest BCUT2D eigenvalue weighted by molar-refractivity contribution is 7.98. The Labute approximate surface area is 174 Å². The minimum atomic E-state index is -3.77. The van der Waals surface area contributed by atoms with Crippen molar-refractivity contribution in [2.24, 2.45) is 0 Å². The molecule has 0 spiro atoms. The first-order valence-corrected chi connectivity index (χ1v) is 11.9. The molecule has 2 aromatic rings. The van der Waals surface area contributed by atoms with Gasteiger partial charge in [-0.2, -0.15) is 11.8 Å². The van der Waals surface area contributed by atoms with Crippen LogP contribution in [-0.4, -0.2) is 38.9 Å². The second-order valence-electron chi connectivity index (χ2n) is 6.19. The molecule has 152 valence electrons. The fourth-order valence-corrected chi connectivity index (χ4v) is 4.82. The molecule has 0 heterocycles. The summed E-state index contributed by atoms with van der Waals surface area (Å²) in [4.78, 5) is 12.4. The fourth-order valence-electron chi connectivity index (χ4n) is 2.63. The number of carbonyl (C=O) groups is 1. The number of nitrogens with one attached hydrogen (secondary N) is 1. The Morgan fingerprint density at radius 2 is 1.96 bits per heavy atom. The Bertz CT molecular complexity index is 925. The number of thioether (sulfide) groups is 1. The third kappa shape index (κ3) is 6.68. The van der Waals surface area contributed by atoms with Gasteiger partial charge < -0.3 is 5.32 Å². The van der Waals surface area contributed by atoms with E-state index < -0.39 is 27.8 Å². The second kappa shape index (κ2) is 10.1. The summed E-state index contributed by atoms with van der Waals surface area (Å²) in [5, 5.41) is 3.41. The normalized spacial score (nSPS) is 12.4. The van der Waals surface area contributed by atoms with Crippen LogP contribution in [0.15, 0.2) is 48.5 Å². The van der Waals surface area contributed by atoms with Gasteiger partial charge in [0.15, 0.2) is 0 Å². The lowest BCUT2D eigenvalue weighted by Gasteiger charge is -2.28. The maximum absolute atomic E-state index is 13.5. The molecule has 0 bridgehead atoms. The van der Waals surface area contributed by atoms with E-state index in [9.17, 15) is 17.6 Å². The van der Waals surface area contributed by atoms with Crippen molar-refractivity contribution in [2.75, 3.05) is 22.9 Å². The average molecular weight is 445 g/mol. The number of nitrogens with zero attached hydrogens (tertiary/aromatic N) is 1. The standard InChI is InChI=1S/C19H22ClFN2O3S2/c1-14(23(28(2,25)26)18-8-4-7-17(21)12-18)19(24)22-9-10-27-13-15-5-3-6-16(20)11-15/h3-8,11-12,14H,9-10,13H2,1-2H3,(H,22,24)/t14-/m1/s1. The summed E-state index contributed by atoms with van der Waals surface area (Å²) in [6.07, 6.45) is 0.989. The zero-order chi connectivity index (χ0) is 20.7. The Kier molecular flexibility index (Phi) is 8.15. The van der Waals surface area contributed by atoms with Gasteiger partial charge in [-0.05, 0) is 42.8 Å². The van der Waals surface area contributed by atoms with Gasteiger partial charge in [0.1, 0.15) is 11.9 Å². The van der Waals surface area contributed by atoms with Gasteiger partial charge in [-0.15, -0.1) is 0 Å². The van der Waals surface area contributed by atoms with Crippen LogP contribution in [0.3, 0.4) is 0 Å². The Balaban J connectivity index is 1.90. The summed E-state index contributed by atoms with van der Waals surface area (Å²) >= 11 is 7.57. The van der Waals surface area contributed by atoms with E-state index in [2.05, 4.69) is 5.32 Å². The van der Waals surface area contributed by atoms with E-state index in [4.69, 9.17) is 11.6 Å². The third-order valence-electron chi connectivity index (χ3n) is 3.85. The molecule has 9 heteroatoms. The van der Waals surface area contributed by atoms with Crippen molar-refractivity contribution in [1.29, 1.82) is 0 Å². The van der Waals surface area contributed by atoms with Crippen molar-refractivity contribution in [3.63, 3.8) is 0 Å². The molecular formula is C19H22ClFN2O3S2.